The molecule has 0 rings (SSSR count). The van der Waals surface area contributed by atoms with E-state index < -0.39 is 17.9 Å². The molecule has 2 N–H and O–H groups in total. The zero-order valence-electron chi connectivity index (χ0n) is 11.8. The highest BCUT2D eigenvalue weighted by atomic mass is 16.4. The number of nitrogens with zero attached hydrogens (tertiary/aromatic N) is 1. The molecule has 0 aliphatic heterocycles. The van der Waals surface area contributed by atoms with Crippen molar-refractivity contribution in [2.45, 2.75) is 27.7 Å². The second kappa shape index (κ2) is 8.29. The van der Waals surface area contributed by atoms with E-state index in [9.17, 15) is 14.4 Å². The number of rotatable bonds is 6. The van der Waals surface area contributed by atoms with Gasteiger partial charge in [0, 0.05) is 25.2 Å². The van der Waals surface area contributed by atoms with Gasteiger partial charge in [0.15, 0.2) is 0 Å². The van der Waals surface area contributed by atoms with Crippen molar-refractivity contribution in [1.29, 1.82) is 0 Å². The van der Waals surface area contributed by atoms with Crippen LogP contribution in [0.5, 0.6) is 0 Å². The summed E-state index contributed by atoms with van der Waals surface area (Å²) >= 11 is 0. The third-order valence-corrected chi connectivity index (χ3v) is 2.07. The van der Waals surface area contributed by atoms with E-state index >= 15 is 0 Å². The monoisotopic (exact) mass is 270 g/mol. The molecule has 0 saturated heterocycles. The highest BCUT2D eigenvalue weighted by molar-refractivity contribution is 6.02. The maximum atomic E-state index is 11.9. The molecule has 0 heterocycles. The SMILES string of the molecule is CC(C)CN(CC(C)C)C(=O)NC(=O)/C=C/C(=O)O. The van der Waals surface area contributed by atoms with Gasteiger partial charge < -0.3 is 10.0 Å². The summed E-state index contributed by atoms with van der Waals surface area (Å²) in [6.07, 6.45) is 1.51. The largest absolute Gasteiger partial charge is 0.478 e. The number of nitrogens with one attached hydrogen (secondary N) is 1. The van der Waals surface area contributed by atoms with Crippen LogP contribution >= 0.6 is 0 Å². The van der Waals surface area contributed by atoms with Gasteiger partial charge in [0.2, 0.25) is 0 Å². The molecule has 0 fully saturated rings. The van der Waals surface area contributed by atoms with Gasteiger partial charge in [0.25, 0.3) is 5.91 Å². The molecule has 0 bridgehead atoms. The van der Waals surface area contributed by atoms with Crippen LogP contribution in [0, 0.1) is 11.8 Å². The fraction of sp³-hybridized carbons (Fsp3) is 0.615. The summed E-state index contributed by atoms with van der Waals surface area (Å²) in [6, 6.07) is -0.498. The molecule has 0 aromatic heterocycles. The summed E-state index contributed by atoms with van der Waals surface area (Å²) in [6.45, 7) is 9.00. The molecular weight excluding hydrogens is 248 g/mol. The number of urea groups is 1. The summed E-state index contributed by atoms with van der Waals surface area (Å²) < 4.78 is 0. The minimum atomic E-state index is -1.23. The zero-order chi connectivity index (χ0) is 15.0. The summed E-state index contributed by atoms with van der Waals surface area (Å²) in [4.78, 5) is 35.0. The number of hydrogen-bond acceptors (Lipinski definition) is 3. The van der Waals surface area contributed by atoms with Crippen LogP contribution in [-0.4, -0.2) is 41.0 Å². The van der Waals surface area contributed by atoms with E-state index in [0.717, 1.165) is 6.08 Å². The van der Waals surface area contributed by atoms with Gasteiger partial charge in [-0.1, -0.05) is 27.7 Å². The Morgan fingerprint density at radius 2 is 1.53 bits per heavy atom. The number of carbonyl (C=O) groups is 3. The molecule has 19 heavy (non-hydrogen) atoms. The molecular formula is C13H22N2O4. The van der Waals surface area contributed by atoms with Gasteiger partial charge in [0.05, 0.1) is 0 Å². The topological polar surface area (TPSA) is 86.7 Å². The first-order valence-corrected chi connectivity index (χ1v) is 6.23. The molecule has 0 atom stereocenters. The number of imide groups is 1. The second-order valence-electron chi connectivity index (χ2n) is 5.16. The van der Waals surface area contributed by atoms with Crippen LogP contribution in [0.15, 0.2) is 12.2 Å². The molecule has 0 radical (unpaired) electrons. The fourth-order valence-electron chi connectivity index (χ4n) is 1.49. The Kier molecular flexibility index (Phi) is 7.48. The third kappa shape index (κ3) is 8.82. The van der Waals surface area contributed by atoms with Crippen LogP contribution in [-0.2, 0) is 9.59 Å². The first-order chi connectivity index (χ1) is 8.72. The van der Waals surface area contributed by atoms with Crippen molar-refractivity contribution in [3.8, 4) is 0 Å². The van der Waals surface area contributed by atoms with Gasteiger partial charge in [-0.05, 0) is 11.8 Å². The molecule has 0 aliphatic rings. The average molecular weight is 270 g/mol. The Labute approximate surface area is 113 Å². The summed E-state index contributed by atoms with van der Waals surface area (Å²) in [5.74, 6) is -1.39. The van der Waals surface area contributed by atoms with Crippen molar-refractivity contribution in [1.82, 2.24) is 10.2 Å². The summed E-state index contributed by atoms with van der Waals surface area (Å²) in [5, 5.41) is 10.5. The Bertz CT molecular complexity index is 352. The lowest BCUT2D eigenvalue weighted by Gasteiger charge is -2.25. The number of carboxylic acid groups (broad SMARTS) is 1. The number of hydrogen-bond donors (Lipinski definition) is 2. The lowest BCUT2D eigenvalue weighted by molar-refractivity contribution is -0.131. The molecule has 108 valence electrons. The van der Waals surface area contributed by atoms with E-state index in [1.165, 1.54) is 0 Å². The predicted molar refractivity (Wildman–Crippen MR) is 71.6 cm³/mol. The quantitative estimate of drug-likeness (QED) is 0.716. The fourth-order valence-corrected chi connectivity index (χ4v) is 1.49. The maximum Gasteiger partial charge on any atom is 0.328 e. The van der Waals surface area contributed by atoms with Crippen molar-refractivity contribution in [3.63, 3.8) is 0 Å². The van der Waals surface area contributed by atoms with Crippen molar-refractivity contribution in [2.75, 3.05) is 13.1 Å². The van der Waals surface area contributed by atoms with Crippen molar-refractivity contribution in [2.24, 2.45) is 11.8 Å². The van der Waals surface area contributed by atoms with E-state index in [2.05, 4.69) is 5.32 Å². The van der Waals surface area contributed by atoms with E-state index in [4.69, 9.17) is 5.11 Å². The Balaban J connectivity index is 4.54. The molecule has 0 saturated carbocycles. The highest BCUT2D eigenvalue weighted by Gasteiger charge is 2.17. The number of carbonyl (C=O) groups excluding carboxylic acids is 2. The van der Waals surface area contributed by atoms with Gasteiger partial charge in [-0.25, -0.2) is 9.59 Å². The van der Waals surface area contributed by atoms with Gasteiger partial charge >= 0.3 is 12.0 Å². The minimum absolute atomic E-state index is 0.286. The van der Waals surface area contributed by atoms with E-state index in [0.29, 0.717) is 19.2 Å². The van der Waals surface area contributed by atoms with Crippen molar-refractivity contribution < 1.29 is 19.5 Å². The Morgan fingerprint density at radius 3 is 1.89 bits per heavy atom. The smallest absolute Gasteiger partial charge is 0.328 e. The molecule has 0 spiro atoms. The van der Waals surface area contributed by atoms with Crippen molar-refractivity contribution in [3.05, 3.63) is 12.2 Å². The van der Waals surface area contributed by atoms with Crippen LogP contribution in [0.25, 0.3) is 0 Å². The van der Waals surface area contributed by atoms with E-state index in [1.807, 2.05) is 27.7 Å². The van der Waals surface area contributed by atoms with E-state index in [1.54, 1.807) is 4.90 Å². The lowest BCUT2D eigenvalue weighted by Crippen LogP contribution is -2.45. The average Bonchev–Trinajstić information content (AvgIpc) is 2.24. The predicted octanol–water partition coefficient (Wildman–Crippen LogP) is 1.48. The number of carboxylic acids is 1. The molecule has 0 aromatic carbocycles. The number of aliphatic carboxylic acids is 1. The van der Waals surface area contributed by atoms with Gasteiger partial charge in [-0.3, -0.25) is 10.1 Å². The Hall–Kier alpha value is -1.85. The number of amides is 3. The molecule has 0 unspecified atom stereocenters. The summed E-state index contributed by atoms with van der Waals surface area (Å²) in [7, 11) is 0. The first kappa shape index (κ1) is 17.2. The van der Waals surface area contributed by atoms with Crippen molar-refractivity contribution >= 4 is 17.9 Å². The first-order valence-electron chi connectivity index (χ1n) is 6.23. The highest BCUT2D eigenvalue weighted by Crippen LogP contribution is 2.04. The van der Waals surface area contributed by atoms with Gasteiger partial charge in [0.1, 0.15) is 0 Å². The Morgan fingerprint density at radius 1 is 1.05 bits per heavy atom. The lowest BCUT2D eigenvalue weighted by atomic mass is 10.1. The van der Waals surface area contributed by atoms with Crippen LogP contribution in [0.3, 0.4) is 0 Å². The van der Waals surface area contributed by atoms with Crippen LogP contribution < -0.4 is 5.32 Å². The van der Waals surface area contributed by atoms with Crippen LogP contribution in [0.4, 0.5) is 4.79 Å². The minimum Gasteiger partial charge on any atom is -0.478 e. The molecule has 3 amide bonds. The second-order valence-corrected chi connectivity index (χ2v) is 5.16. The maximum absolute atomic E-state index is 11.9. The third-order valence-electron chi connectivity index (χ3n) is 2.07. The molecule has 0 aliphatic carbocycles. The normalized spacial score (nSPS) is 11.1. The molecule has 6 heteroatoms. The standard InChI is InChI=1S/C13H22N2O4/c1-9(2)7-15(8-10(3)4)13(19)14-11(16)5-6-12(17)18/h5-6,9-10H,7-8H2,1-4H3,(H,17,18)(H,14,16,19)/b6-5+. The summed E-state index contributed by atoms with van der Waals surface area (Å²) in [5.41, 5.74) is 0. The van der Waals surface area contributed by atoms with Gasteiger partial charge in [-0.2, -0.15) is 0 Å². The van der Waals surface area contributed by atoms with E-state index in [-0.39, 0.29) is 11.8 Å². The molecule has 6 nitrogen and oxygen atoms in total. The molecule has 0 aromatic rings. The van der Waals surface area contributed by atoms with Crippen LogP contribution in [0.1, 0.15) is 27.7 Å². The van der Waals surface area contributed by atoms with Gasteiger partial charge in [-0.15, -0.1) is 0 Å². The zero-order valence-corrected chi connectivity index (χ0v) is 11.8. The van der Waals surface area contributed by atoms with Crippen LogP contribution in [0.2, 0.25) is 0 Å².